The summed E-state index contributed by atoms with van der Waals surface area (Å²) in [5, 5.41) is 10.4. The molecule has 0 aliphatic carbocycles. The van der Waals surface area contributed by atoms with Crippen LogP contribution in [-0.4, -0.2) is 8.07 Å². The van der Waals surface area contributed by atoms with Crippen LogP contribution < -0.4 is 25.6 Å². The largest absolute Gasteiger partial charge is 0.311 e. The second kappa shape index (κ2) is 17.0. The van der Waals surface area contributed by atoms with Gasteiger partial charge in [0, 0.05) is 17.1 Å². The zero-order chi connectivity index (χ0) is 42.7. The highest BCUT2D eigenvalue weighted by molar-refractivity contribution is 7.19. The van der Waals surface area contributed by atoms with E-state index >= 15 is 0 Å². The van der Waals surface area contributed by atoms with Crippen LogP contribution >= 0.6 is 0 Å². The van der Waals surface area contributed by atoms with E-state index in [0.29, 0.717) is 0 Å². The summed E-state index contributed by atoms with van der Waals surface area (Å²) in [7, 11) is -2.69. The molecule has 11 aromatic rings. The molecule has 0 unspecified atom stereocenters. The molecule has 302 valence electrons. The summed E-state index contributed by atoms with van der Waals surface area (Å²) in [6, 6.07) is 100. The van der Waals surface area contributed by atoms with Crippen LogP contribution in [0.5, 0.6) is 0 Å². The standard InChI is InChI=1S/C62H45NSi/c1-5-15-46(16-6-1)53-29-26-50-27-30-54(45-55(50)44-53)49-33-37-57(38-34-49)63(56-35-31-48(32-36-56)52-28-25-47-17-13-14-18-51(47)43-52)58-39-41-62(42-40-58)64(59-19-7-2-8-20-59,60-21-9-3-10-22-60)61-23-11-4-12-24-61/h1-45H. The van der Waals surface area contributed by atoms with Crippen LogP contribution in [0.15, 0.2) is 273 Å². The monoisotopic (exact) mass is 831 g/mol. The molecule has 0 heterocycles. The van der Waals surface area contributed by atoms with E-state index in [-0.39, 0.29) is 0 Å². The quantitative estimate of drug-likeness (QED) is 0.0980. The number of anilines is 3. The maximum Gasteiger partial charge on any atom is 0.179 e. The average Bonchev–Trinajstić information content (AvgIpc) is 3.38. The predicted molar refractivity (Wildman–Crippen MR) is 276 cm³/mol. The summed E-state index contributed by atoms with van der Waals surface area (Å²) in [6.07, 6.45) is 0. The SMILES string of the molecule is c1ccc(-c2ccc3ccc(-c4ccc(N(c5ccc(-c6ccc7ccccc7c6)cc5)c5ccc([Si](c6ccccc6)(c6ccccc6)c6ccccc6)cc5)cc4)cc3c2)cc1. The van der Waals surface area contributed by atoms with Crippen molar-refractivity contribution in [2.24, 2.45) is 0 Å². The van der Waals surface area contributed by atoms with Crippen molar-refractivity contribution in [3.8, 4) is 33.4 Å². The van der Waals surface area contributed by atoms with E-state index < -0.39 is 8.07 Å². The lowest BCUT2D eigenvalue weighted by atomic mass is 9.97. The lowest BCUT2D eigenvalue weighted by molar-refractivity contribution is 1.28. The zero-order valence-electron chi connectivity index (χ0n) is 35.4. The molecule has 0 aliphatic heterocycles. The van der Waals surface area contributed by atoms with E-state index in [4.69, 9.17) is 0 Å². The molecule has 1 nitrogen and oxygen atoms in total. The molecule has 0 radical (unpaired) electrons. The minimum atomic E-state index is -2.69. The maximum atomic E-state index is 2.39. The van der Waals surface area contributed by atoms with Gasteiger partial charge in [-0.2, -0.15) is 0 Å². The van der Waals surface area contributed by atoms with E-state index in [1.807, 2.05) is 0 Å². The normalized spacial score (nSPS) is 11.4. The molecule has 0 aromatic heterocycles. The number of hydrogen-bond donors (Lipinski definition) is 0. The highest BCUT2D eigenvalue weighted by Gasteiger charge is 2.41. The van der Waals surface area contributed by atoms with Crippen molar-refractivity contribution in [1.29, 1.82) is 0 Å². The third-order valence-electron chi connectivity index (χ3n) is 12.8. The van der Waals surface area contributed by atoms with Gasteiger partial charge in [-0.05, 0) is 130 Å². The first-order chi connectivity index (χ1) is 31.7. The third kappa shape index (κ3) is 7.30. The van der Waals surface area contributed by atoms with Crippen molar-refractivity contribution < 1.29 is 0 Å². The van der Waals surface area contributed by atoms with Gasteiger partial charge in [0.15, 0.2) is 8.07 Å². The predicted octanol–water partition coefficient (Wildman–Crippen LogP) is 13.8. The Morgan fingerprint density at radius 3 is 0.938 bits per heavy atom. The van der Waals surface area contributed by atoms with Crippen molar-refractivity contribution in [3.05, 3.63) is 273 Å². The van der Waals surface area contributed by atoms with Crippen LogP contribution in [0.25, 0.3) is 54.9 Å². The molecular formula is C62H45NSi. The summed E-state index contributed by atoms with van der Waals surface area (Å²) in [5.74, 6) is 0. The minimum absolute atomic E-state index is 1.10. The molecule has 2 heteroatoms. The van der Waals surface area contributed by atoms with Crippen molar-refractivity contribution in [2.75, 3.05) is 4.90 Å². The second-order valence-electron chi connectivity index (χ2n) is 16.5. The molecule has 64 heavy (non-hydrogen) atoms. The molecule has 0 atom stereocenters. The Morgan fingerprint density at radius 1 is 0.203 bits per heavy atom. The summed E-state index contributed by atoms with van der Waals surface area (Å²) in [4.78, 5) is 2.39. The first-order valence-corrected chi connectivity index (χ1v) is 24.1. The van der Waals surface area contributed by atoms with Crippen molar-refractivity contribution in [3.63, 3.8) is 0 Å². The molecule has 0 spiro atoms. The topological polar surface area (TPSA) is 3.24 Å². The number of fused-ring (bicyclic) bond motifs is 2. The van der Waals surface area contributed by atoms with Crippen LogP contribution in [0.2, 0.25) is 0 Å². The Morgan fingerprint density at radius 2 is 0.500 bits per heavy atom. The van der Waals surface area contributed by atoms with Gasteiger partial charge in [0.2, 0.25) is 0 Å². The van der Waals surface area contributed by atoms with Gasteiger partial charge in [-0.15, -0.1) is 0 Å². The first-order valence-electron chi connectivity index (χ1n) is 22.1. The fraction of sp³-hybridized carbons (Fsp3) is 0. The fourth-order valence-corrected chi connectivity index (χ4v) is 14.3. The molecule has 11 rings (SSSR count). The Balaban J connectivity index is 1.01. The van der Waals surface area contributed by atoms with E-state index in [1.54, 1.807) is 0 Å². The van der Waals surface area contributed by atoms with Gasteiger partial charge in [-0.25, -0.2) is 0 Å². The van der Waals surface area contributed by atoms with Crippen molar-refractivity contribution in [2.45, 2.75) is 0 Å². The van der Waals surface area contributed by atoms with Gasteiger partial charge in [0.25, 0.3) is 0 Å². The third-order valence-corrected chi connectivity index (χ3v) is 17.6. The molecule has 0 bridgehead atoms. The van der Waals surface area contributed by atoms with Crippen LogP contribution in [0.1, 0.15) is 0 Å². The molecule has 0 fully saturated rings. The van der Waals surface area contributed by atoms with Crippen molar-refractivity contribution in [1.82, 2.24) is 0 Å². The Bertz CT molecular complexity index is 3230. The highest BCUT2D eigenvalue weighted by Crippen LogP contribution is 2.38. The smallest absolute Gasteiger partial charge is 0.179 e. The van der Waals surface area contributed by atoms with Gasteiger partial charge in [0.1, 0.15) is 0 Å². The first kappa shape index (κ1) is 38.8. The van der Waals surface area contributed by atoms with E-state index in [2.05, 4.69) is 278 Å². The molecule has 11 aromatic carbocycles. The summed E-state index contributed by atoms with van der Waals surface area (Å²) >= 11 is 0. The van der Waals surface area contributed by atoms with Crippen LogP contribution in [0, 0.1) is 0 Å². The van der Waals surface area contributed by atoms with Gasteiger partial charge >= 0.3 is 0 Å². The minimum Gasteiger partial charge on any atom is -0.311 e. The highest BCUT2D eigenvalue weighted by atomic mass is 28.3. The van der Waals surface area contributed by atoms with E-state index in [9.17, 15) is 0 Å². The van der Waals surface area contributed by atoms with Gasteiger partial charge < -0.3 is 4.90 Å². The summed E-state index contributed by atoms with van der Waals surface area (Å²) in [5.41, 5.74) is 10.5. The van der Waals surface area contributed by atoms with Crippen LogP contribution in [-0.2, 0) is 0 Å². The molecule has 0 amide bonds. The van der Waals surface area contributed by atoms with Gasteiger partial charge in [-0.3, -0.25) is 0 Å². The number of hydrogen-bond acceptors (Lipinski definition) is 1. The summed E-state index contributed by atoms with van der Waals surface area (Å²) in [6.45, 7) is 0. The average molecular weight is 832 g/mol. The Labute approximate surface area is 376 Å². The number of benzene rings is 11. The molecule has 0 saturated carbocycles. The van der Waals surface area contributed by atoms with E-state index in [0.717, 1.165) is 17.1 Å². The lowest BCUT2D eigenvalue weighted by Crippen LogP contribution is -2.74. The van der Waals surface area contributed by atoms with Crippen LogP contribution in [0.4, 0.5) is 17.1 Å². The number of nitrogens with zero attached hydrogens (tertiary/aromatic N) is 1. The van der Waals surface area contributed by atoms with Crippen molar-refractivity contribution >= 4 is 67.4 Å². The maximum absolute atomic E-state index is 2.69. The molecule has 0 N–H and O–H groups in total. The lowest BCUT2D eigenvalue weighted by Gasteiger charge is -2.35. The Hall–Kier alpha value is -8.04. The summed E-state index contributed by atoms with van der Waals surface area (Å²) < 4.78 is 0. The fourth-order valence-electron chi connectivity index (χ4n) is 9.58. The van der Waals surface area contributed by atoms with Gasteiger partial charge in [0.05, 0.1) is 0 Å². The molecule has 0 saturated heterocycles. The van der Waals surface area contributed by atoms with Crippen LogP contribution in [0.3, 0.4) is 0 Å². The van der Waals surface area contributed by atoms with Gasteiger partial charge in [-0.1, -0.05) is 218 Å². The molecular weight excluding hydrogens is 787 g/mol. The second-order valence-corrected chi connectivity index (χ2v) is 20.3. The Kier molecular flexibility index (Phi) is 10.3. The van der Waals surface area contributed by atoms with E-state index in [1.165, 1.54) is 75.7 Å². The zero-order valence-corrected chi connectivity index (χ0v) is 36.4. The molecule has 0 aliphatic rings. The number of rotatable bonds is 10.